The third-order valence-corrected chi connectivity index (χ3v) is 2.70. The van der Waals surface area contributed by atoms with Crippen LogP contribution in [0.15, 0.2) is 39.9 Å². The van der Waals surface area contributed by atoms with Gasteiger partial charge in [0.2, 0.25) is 0 Å². The molecule has 0 aliphatic carbocycles. The number of hydrogen-bond donors (Lipinski definition) is 2. The zero-order chi connectivity index (χ0) is 13.0. The Morgan fingerprint density at radius 2 is 1.88 bits per heavy atom. The molecule has 0 bridgehead atoms. The highest BCUT2D eigenvalue weighted by Crippen LogP contribution is 2.20. The first-order valence-electron chi connectivity index (χ1n) is 4.68. The fraction of sp³-hybridized carbons (Fsp3) is 0.0833. The van der Waals surface area contributed by atoms with Crippen molar-refractivity contribution in [2.24, 2.45) is 5.73 Å². The molecular weight excluding hydrogens is 286 g/mol. The van der Waals surface area contributed by atoms with E-state index in [0.717, 1.165) is 4.47 Å². The number of rotatable bonds is 3. The summed E-state index contributed by atoms with van der Waals surface area (Å²) in [6.45, 7) is 1.36. The van der Waals surface area contributed by atoms with Crippen molar-refractivity contribution in [3.63, 3.8) is 0 Å². The number of carboxylic acid groups (broad SMARTS) is 1. The molecule has 0 heterocycles. The molecule has 0 aliphatic rings. The van der Waals surface area contributed by atoms with Gasteiger partial charge in [0.1, 0.15) is 5.94 Å². The average molecular weight is 296 g/mol. The standard InChI is InChI=1S/C12H10BrNO3/c1-7(6-15)10(12(16)17)11(14)8-2-4-9(13)5-3-8/h2-5H,14H2,1H3,(H,16,17). The van der Waals surface area contributed by atoms with Crippen molar-refractivity contribution >= 4 is 33.5 Å². The van der Waals surface area contributed by atoms with E-state index in [0.29, 0.717) is 5.56 Å². The van der Waals surface area contributed by atoms with Crippen LogP contribution in [0.2, 0.25) is 0 Å². The first-order chi connectivity index (χ1) is 7.97. The van der Waals surface area contributed by atoms with E-state index in [1.165, 1.54) is 6.92 Å². The molecule has 17 heavy (non-hydrogen) atoms. The lowest BCUT2D eigenvalue weighted by atomic mass is 10.0. The third kappa shape index (κ3) is 3.06. The van der Waals surface area contributed by atoms with Crippen molar-refractivity contribution < 1.29 is 14.7 Å². The van der Waals surface area contributed by atoms with E-state index in [4.69, 9.17) is 10.8 Å². The van der Waals surface area contributed by atoms with Gasteiger partial charge in [-0.3, -0.25) is 0 Å². The lowest BCUT2D eigenvalue weighted by molar-refractivity contribution is -0.132. The Bertz CT molecular complexity index is 525. The summed E-state index contributed by atoms with van der Waals surface area (Å²) in [7, 11) is 0. The van der Waals surface area contributed by atoms with Crippen LogP contribution in [0.3, 0.4) is 0 Å². The van der Waals surface area contributed by atoms with Crippen LogP contribution in [-0.4, -0.2) is 17.0 Å². The predicted molar refractivity (Wildman–Crippen MR) is 67.8 cm³/mol. The van der Waals surface area contributed by atoms with Gasteiger partial charge in [0.15, 0.2) is 0 Å². The molecular formula is C12H10BrNO3. The van der Waals surface area contributed by atoms with Gasteiger partial charge in [-0.05, 0) is 24.6 Å². The maximum Gasteiger partial charge on any atom is 0.338 e. The van der Waals surface area contributed by atoms with Gasteiger partial charge in [0, 0.05) is 10.0 Å². The molecule has 1 aromatic rings. The van der Waals surface area contributed by atoms with Gasteiger partial charge in [-0.1, -0.05) is 28.1 Å². The van der Waals surface area contributed by atoms with Gasteiger partial charge in [0.25, 0.3) is 0 Å². The minimum Gasteiger partial charge on any atom is -0.478 e. The molecule has 3 N–H and O–H groups in total. The first-order valence-corrected chi connectivity index (χ1v) is 5.47. The summed E-state index contributed by atoms with van der Waals surface area (Å²) < 4.78 is 0.855. The molecule has 0 atom stereocenters. The molecule has 0 fully saturated rings. The number of halogens is 1. The molecule has 4 nitrogen and oxygen atoms in total. The van der Waals surface area contributed by atoms with Gasteiger partial charge < -0.3 is 10.8 Å². The highest BCUT2D eigenvalue weighted by molar-refractivity contribution is 9.10. The second-order valence-electron chi connectivity index (χ2n) is 3.33. The van der Waals surface area contributed by atoms with Crippen LogP contribution in [0.25, 0.3) is 5.70 Å². The molecule has 0 amide bonds. The Balaban J connectivity index is 3.39. The van der Waals surface area contributed by atoms with Gasteiger partial charge in [-0.25, -0.2) is 9.59 Å². The van der Waals surface area contributed by atoms with Crippen molar-refractivity contribution in [3.8, 4) is 0 Å². The Labute approximate surface area is 107 Å². The number of carboxylic acids is 1. The number of carbonyl (C=O) groups is 1. The van der Waals surface area contributed by atoms with Crippen LogP contribution in [0.4, 0.5) is 0 Å². The smallest absolute Gasteiger partial charge is 0.338 e. The lowest BCUT2D eigenvalue weighted by Crippen LogP contribution is -2.11. The number of nitrogens with two attached hydrogens (primary N) is 1. The second-order valence-corrected chi connectivity index (χ2v) is 4.24. The minimum absolute atomic E-state index is 0.0297. The van der Waals surface area contributed by atoms with E-state index in [-0.39, 0.29) is 16.8 Å². The maximum absolute atomic E-state index is 11.0. The minimum atomic E-state index is -1.24. The largest absolute Gasteiger partial charge is 0.478 e. The van der Waals surface area contributed by atoms with E-state index in [1.54, 1.807) is 30.2 Å². The van der Waals surface area contributed by atoms with Gasteiger partial charge in [-0.2, -0.15) is 0 Å². The summed E-state index contributed by atoms with van der Waals surface area (Å²) >= 11 is 3.26. The molecule has 0 aromatic heterocycles. The van der Waals surface area contributed by atoms with Crippen LogP contribution in [-0.2, 0) is 9.59 Å². The summed E-state index contributed by atoms with van der Waals surface area (Å²) in [6, 6.07) is 6.81. The molecule has 0 radical (unpaired) electrons. The Kier molecular flexibility index (Phi) is 4.26. The lowest BCUT2D eigenvalue weighted by Gasteiger charge is -2.07. The summed E-state index contributed by atoms with van der Waals surface area (Å²) in [5.41, 5.74) is 6.09. The summed E-state index contributed by atoms with van der Waals surface area (Å²) in [5, 5.41) is 9.01. The maximum atomic E-state index is 11.0. The fourth-order valence-electron chi connectivity index (χ4n) is 1.30. The number of benzene rings is 1. The molecule has 0 aliphatic heterocycles. The van der Waals surface area contributed by atoms with E-state index in [1.807, 2.05) is 0 Å². The SMILES string of the molecule is CC(=C=O)C(C(=O)O)=C(N)c1ccc(Br)cc1. The Morgan fingerprint density at radius 3 is 2.29 bits per heavy atom. The van der Waals surface area contributed by atoms with E-state index >= 15 is 0 Å². The van der Waals surface area contributed by atoms with Gasteiger partial charge in [0.05, 0.1) is 11.3 Å². The normalized spacial score (nSPS) is 11.4. The van der Waals surface area contributed by atoms with E-state index < -0.39 is 5.97 Å². The monoisotopic (exact) mass is 295 g/mol. The van der Waals surface area contributed by atoms with Crippen molar-refractivity contribution in [1.29, 1.82) is 0 Å². The first kappa shape index (κ1) is 13.2. The molecule has 5 heteroatoms. The van der Waals surface area contributed by atoms with Gasteiger partial charge >= 0.3 is 5.97 Å². The summed E-state index contributed by atoms with van der Waals surface area (Å²) in [6.07, 6.45) is 0. The third-order valence-electron chi connectivity index (χ3n) is 2.17. The van der Waals surface area contributed by atoms with Crippen molar-refractivity contribution in [1.82, 2.24) is 0 Å². The van der Waals surface area contributed by atoms with Gasteiger partial charge in [-0.15, -0.1) is 0 Å². The van der Waals surface area contributed by atoms with Crippen molar-refractivity contribution in [3.05, 3.63) is 45.4 Å². The zero-order valence-electron chi connectivity index (χ0n) is 9.03. The molecule has 1 aromatic carbocycles. The zero-order valence-corrected chi connectivity index (χ0v) is 10.6. The fourth-order valence-corrected chi connectivity index (χ4v) is 1.57. The number of carbonyl (C=O) groups excluding carboxylic acids is 1. The molecule has 0 spiro atoms. The van der Waals surface area contributed by atoms with Crippen molar-refractivity contribution in [2.45, 2.75) is 6.92 Å². The topological polar surface area (TPSA) is 80.4 Å². The van der Waals surface area contributed by atoms with Crippen LogP contribution in [0, 0.1) is 0 Å². The number of aliphatic carboxylic acids is 1. The Hall–Kier alpha value is -1.84. The van der Waals surface area contributed by atoms with E-state index in [2.05, 4.69) is 15.9 Å². The highest BCUT2D eigenvalue weighted by Gasteiger charge is 2.16. The van der Waals surface area contributed by atoms with Crippen molar-refractivity contribution in [2.75, 3.05) is 0 Å². The average Bonchev–Trinajstić information content (AvgIpc) is 2.29. The molecule has 0 saturated heterocycles. The van der Waals surface area contributed by atoms with E-state index in [9.17, 15) is 9.59 Å². The summed E-state index contributed by atoms with van der Waals surface area (Å²) in [4.78, 5) is 21.6. The van der Waals surface area contributed by atoms with Crippen LogP contribution in [0.5, 0.6) is 0 Å². The number of hydrogen-bond acceptors (Lipinski definition) is 3. The second kappa shape index (κ2) is 5.48. The van der Waals surface area contributed by atoms with Crippen LogP contribution < -0.4 is 5.73 Å². The predicted octanol–water partition coefficient (Wildman–Crippen LogP) is 1.98. The molecule has 0 saturated carbocycles. The van der Waals surface area contributed by atoms with Crippen LogP contribution in [0.1, 0.15) is 12.5 Å². The highest BCUT2D eigenvalue weighted by atomic mass is 79.9. The summed E-state index contributed by atoms with van der Waals surface area (Å²) in [5.74, 6) is 0.303. The molecule has 1 rings (SSSR count). The molecule has 88 valence electrons. The van der Waals surface area contributed by atoms with Crippen LogP contribution >= 0.6 is 15.9 Å². The molecule has 0 unspecified atom stereocenters. The Morgan fingerprint density at radius 1 is 1.35 bits per heavy atom. The quantitative estimate of drug-likeness (QED) is 0.508.